The lowest BCUT2D eigenvalue weighted by molar-refractivity contribution is -0.384. The third-order valence-electron chi connectivity index (χ3n) is 6.94. The van der Waals surface area contributed by atoms with Crippen LogP contribution in [0.1, 0.15) is 18.4 Å². The summed E-state index contributed by atoms with van der Waals surface area (Å²) in [4.78, 5) is 64.2. The first-order valence-corrected chi connectivity index (χ1v) is 10.9. The van der Waals surface area contributed by atoms with Crippen molar-refractivity contribution in [2.45, 2.75) is 24.4 Å². The van der Waals surface area contributed by atoms with Gasteiger partial charge in [0.1, 0.15) is 17.0 Å². The number of nitrogens with two attached hydrogens (primary N) is 1. The number of nitro groups is 1. The molecule has 3 aliphatic rings. The Morgan fingerprint density at radius 1 is 1.20 bits per heavy atom. The number of primary amides is 1. The summed E-state index contributed by atoms with van der Waals surface area (Å²) < 4.78 is 5.29. The van der Waals surface area contributed by atoms with Crippen LogP contribution in [0.15, 0.2) is 42.5 Å². The maximum atomic E-state index is 13.9. The number of carbonyl (C=O) groups is 4. The number of anilines is 2. The number of carbonyl (C=O) groups excluding carboxylic acids is 4. The van der Waals surface area contributed by atoms with E-state index < -0.39 is 52.0 Å². The van der Waals surface area contributed by atoms with Crippen molar-refractivity contribution < 1.29 is 28.8 Å². The SMILES string of the molecule is COc1ccc([N+](=O)[O-])cc1N1C(=O)C2C(CCC(N)=O)NC3(C(=O)Nc4ccccc43)C2C1=O. The second-order valence-corrected chi connectivity index (χ2v) is 8.69. The molecule has 2 fully saturated rings. The molecule has 3 heterocycles. The smallest absolute Gasteiger partial charge is 0.271 e. The van der Waals surface area contributed by atoms with Gasteiger partial charge in [-0.1, -0.05) is 18.2 Å². The van der Waals surface area contributed by atoms with Crippen molar-refractivity contribution in [3.05, 3.63) is 58.1 Å². The number of nitrogens with zero attached hydrogens (tertiary/aromatic N) is 2. The predicted molar refractivity (Wildman–Crippen MR) is 121 cm³/mol. The Morgan fingerprint density at radius 2 is 1.94 bits per heavy atom. The number of ether oxygens (including phenoxy) is 1. The number of amides is 4. The van der Waals surface area contributed by atoms with Crippen molar-refractivity contribution in [1.29, 1.82) is 0 Å². The molecule has 1 spiro atoms. The van der Waals surface area contributed by atoms with Gasteiger partial charge in [-0.15, -0.1) is 0 Å². The number of rotatable bonds is 6. The van der Waals surface area contributed by atoms with Gasteiger partial charge >= 0.3 is 0 Å². The third kappa shape index (κ3) is 3.10. The second-order valence-electron chi connectivity index (χ2n) is 8.69. The Balaban J connectivity index is 1.67. The van der Waals surface area contributed by atoms with Gasteiger partial charge in [0.05, 0.1) is 23.9 Å². The summed E-state index contributed by atoms with van der Waals surface area (Å²) in [5.74, 6) is -4.50. The summed E-state index contributed by atoms with van der Waals surface area (Å²) in [6, 6.07) is 9.71. The minimum absolute atomic E-state index is 0.0676. The van der Waals surface area contributed by atoms with Gasteiger partial charge in [0.2, 0.25) is 23.6 Å². The van der Waals surface area contributed by atoms with E-state index in [0.29, 0.717) is 11.3 Å². The number of fused-ring (bicyclic) bond motifs is 4. The molecule has 0 saturated carbocycles. The van der Waals surface area contributed by atoms with Crippen LogP contribution in [-0.2, 0) is 24.7 Å². The number of imide groups is 1. The van der Waals surface area contributed by atoms with Gasteiger partial charge in [-0.05, 0) is 18.6 Å². The molecule has 4 N–H and O–H groups in total. The van der Waals surface area contributed by atoms with Crippen LogP contribution in [0.3, 0.4) is 0 Å². The molecule has 180 valence electrons. The minimum atomic E-state index is -1.56. The van der Waals surface area contributed by atoms with Crippen molar-refractivity contribution in [2.75, 3.05) is 17.3 Å². The lowest BCUT2D eigenvalue weighted by Crippen LogP contribution is -2.53. The first-order chi connectivity index (χ1) is 16.7. The van der Waals surface area contributed by atoms with Crippen LogP contribution in [0.5, 0.6) is 5.75 Å². The van der Waals surface area contributed by atoms with Crippen LogP contribution >= 0.6 is 0 Å². The van der Waals surface area contributed by atoms with Crippen molar-refractivity contribution in [1.82, 2.24) is 5.32 Å². The van der Waals surface area contributed by atoms with Gasteiger partial charge in [-0.25, -0.2) is 4.90 Å². The molecule has 4 atom stereocenters. The molecule has 12 heteroatoms. The van der Waals surface area contributed by atoms with E-state index in [0.717, 1.165) is 11.0 Å². The van der Waals surface area contributed by atoms with Gasteiger partial charge in [-0.2, -0.15) is 0 Å². The zero-order valence-corrected chi connectivity index (χ0v) is 18.5. The number of hydrogen-bond donors (Lipinski definition) is 3. The quantitative estimate of drug-likeness (QED) is 0.310. The Kier molecular flexibility index (Phi) is 5.06. The van der Waals surface area contributed by atoms with Crippen LogP contribution in [0.2, 0.25) is 0 Å². The van der Waals surface area contributed by atoms with E-state index in [-0.39, 0.29) is 30.0 Å². The molecule has 4 amide bonds. The van der Waals surface area contributed by atoms with E-state index in [2.05, 4.69) is 10.6 Å². The molecule has 12 nitrogen and oxygen atoms in total. The number of non-ortho nitro benzene ring substituents is 1. The number of nitrogens with one attached hydrogen (secondary N) is 2. The molecule has 3 aliphatic heterocycles. The number of nitro benzene ring substituents is 1. The highest BCUT2D eigenvalue weighted by Gasteiger charge is 2.70. The Bertz CT molecular complexity index is 1310. The van der Waals surface area contributed by atoms with E-state index in [9.17, 15) is 29.3 Å². The monoisotopic (exact) mass is 479 g/mol. The Hall–Kier alpha value is -4.32. The molecule has 4 unspecified atom stereocenters. The largest absolute Gasteiger partial charge is 0.495 e. The second kappa shape index (κ2) is 7.87. The highest BCUT2D eigenvalue weighted by atomic mass is 16.6. The van der Waals surface area contributed by atoms with Crippen LogP contribution < -0.4 is 26.0 Å². The number of hydrogen-bond acceptors (Lipinski definition) is 8. The minimum Gasteiger partial charge on any atom is -0.495 e. The van der Waals surface area contributed by atoms with Crippen molar-refractivity contribution in [3.8, 4) is 5.75 Å². The van der Waals surface area contributed by atoms with E-state index in [1.165, 1.54) is 19.2 Å². The molecule has 0 aliphatic carbocycles. The number of benzene rings is 2. The maximum absolute atomic E-state index is 13.9. The number of para-hydroxylation sites is 1. The normalized spacial score (nSPS) is 26.6. The molecule has 0 radical (unpaired) electrons. The lowest BCUT2D eigenvalue weighted by atomic mass is 9.76. The van der Waals surface area contributed by atoms with Crippen molar-refractivity contribution >= 4 is 40.7 Å². The van der Waals surface area contributed by atoms with E-state index in [1.54, 1.807) is 24.3 Å². The molecule has 35 heavy (non-hydrogen) atoms. The third-order valence-corrected chi connectivity index (χ3v) is 6.94. The summed E-state index contributed by atoms with van der Waals surface area (Å²) in [5.41, 5.74) is 4.38. The van der Waals surface area contributed by atoms with Crippen molar-refractivity contribution in [2.24, 2.45) is 17.6 Å². The van der Waals surface area contributed by atoms with Crippen molar-refractivity contribution in [3.63, 3.8) is 0 Å². The highest BCUT2D eigenvalue weighted by Crippen LogP contribution is 2.54. The first kappa shape index (κ1) is 22.5. The standard InChI is InChI=1S/C23H21N5O7/c1-35-16-8-6-11(28(33)34)10-15(16)27-20(30)18-14(7-9-17(24)29)26-23(19(18)21(27)31)12-4-2-3-5-13(12)25-22(23)32/h2-6,8,10,14,18-19,26H,7,9H2,1H3,(H2,24,29)(H,25,32). The van der Waals surface area contributed by atoms with E-state index >= 15 is 0 Å². The predicted octanol–water partition coefficient (Wildman–Crippen LogP) is 0.794. The summed E-state index contributed by atoms with van der Waals surface area (Å²) >= 11 is 0. The fourth-order valence-corrected chi connectivity index (χ4v) is 5.51. The maximum Gasteiger partial charge on any atom is 0.271 e. The van der Waals surface area contributed by atoms with Crippen LogP contribution in [0, 0.1) is 22.0 Å². The van der Waals surface area contributed by atoms with Crippen LogP contribution in [-0.4, -0.2) is 41.7 Å². The Morgan fingerprint density at radius 3 is 2.63 bits per heavy atom. The van der Waals surface area contributed by atoms with Gasteiger partial charge in [0.25, 0.3) is 5.69 Å². The van der Waals surface area contributed by atoms with E-state index in [1.807, 2.05) is 0 Å². The molecule has 2 aromatic carbocycles. The molecule has 5 rings (SSSR count). The zero-order chi connectivity index (χ0) is 25.1. The van der Waals surface area contributed by atoms with E-state index in [4.69, 9.17) is 10.5 Å². The molecular formula is C23H21N5O7. The molecular weight excluding hydrogens is 458 g/mol. The molecule has 2 saturated heterocycles. The average molecular weight is 479 g/mol. The van der Waals surface area contributed by atoms with Gasteiger partial charge in [-0.3, -0.25) is 34.6 Å². The van der Waals surface area contributed by atoms with Gasteiger partial charge in [0.15, 0.2) is 0 Å². The summed E-state index contributed by atoms with van der Waals surface area (Å²) in [6.07, 6.45) is 0.0501. The average Bonchev–Trinajstić information content (AvgIpc) is 3.41. The fourth-order valence-electron chi connectivity index (χ4n) is 5.51. The van der Waals surface area contributed by atoms with Crippen LogP contribution in [0.4, 0.5) is 17.1 Å². The summed E-state index contributed by atoms with van der Waals surface area (Å²) in [5, 5.41) is 17.4. The summed E-state index contributed by atoms with van der Waals surface area (Å²) in [6.45, 7) is 0. The fraction of sp³-hybridized carbons (Fsp3) is 0.304. The van der Waals surface area contributed by atoms with Crippen LogP contribution in [0.25, 0.3) is 0 Å². The van der Waals surface area contributed by atoms with Gasteiger partial charge in [0, 0.05) is 35.8 Å². The highest BCUT2D eigenvalue weighted by molar-refractivity contribution is 6.26. The topological polar surface area (TPSA) is 174 Å². The molecule has 2 aromatic rings. The molecule has 0 aromatic heterocycles. The number of methoxy groups -OCH3 is 1. The lowest BCUT2D eigenvalue weighted by Gasteiger charge is -2.29. The molecule has 0 bridgehead atoms. The zero-order valence-electron chi connectivity index (χ0n) is 18.5. The summed E-state index contributed by atoms with van der Waals surface area (Å²) in [7, 11) is 1.32. The van der Waals surface area contributed by atoms with Gasteiger partial charge < -0.3 is 15.8 Å². The Labute approximate surface area is 198 Å². The first-order valence-electron chi connectivity index (χ1n) is 10.9.